The van der Waals surface area contributed by atoms with E-state index < -0.39 is 0 Å². The van der Waals surface area contributed by atoms with E-state index in [0.717, 1.165) is 11.8 Å². The lowest BCUT2D eigenvalue weighted by molar-refractivity contribution is 0.178. The van der Waals surface area contributed by atoms with E-state index in [9.17, 15) is 0 Å². The lowest BCUT2D eigenvalue weighted by atomic mass is 9.68. The Morgan fingerprint density at radius 2 is 1.54 bits per heavy atom. The van der Waals surface area contributed by atoms with Gasteiger partial charge >= 0.3 is 0 Å². The van der Waals surface area contributed by atoms with Crippen LogP contribution in [-0.4, -0.2) is 9.13 Å². The Balaban J connectivity index is 0.790. The number of aromatic nitrogens is 2. The second kappa shape index (κ2) is 15.4. The van der Waals surface area contributed by atoms with Crippen molar-refractivity contribution in [3.8, 4) is 10.4 Å². The van der Waals surface area contributed by atoms with Gasteiger partial charge in [0, 0.05) is 66.8 Å². The topological polar surface area (TPSA) is 9.86 Å². The van der Waals surface area contributed by atoms with Crippen LogP contribution in [0.3, 0.4) is 0 Å². The molecule has 11 aliphatic carbocycles. The van der Waals surface area contributed by atoms with Crippen LogP contribution in [0.5, 0.6) is 0 Å². The molecule has 70 heavy (non-hydrogen) atoms. The molecule has 0 amide bonds. The monoisotopic (exact) mass is 959 g/mol. The molecule has 0 N–H and O–H groups in total. The molecule has 1 aliphatic heterocycles. The molecule has 3 aromatic heterocycles. The molecule has 1 aromatic carbocycles. The highest BCUT2D eigenvalue weighted by Gasteiger charge is 2.52. The van der Waals surface area contributed by atoms with Crippen LogP contribution in [0.2, 0.25) is 0 Å². The van der Waals surface area contributed by atoms with Gasteiger partial charge < -0.3 is 9.13 Å². The normalized spacial score (nSPS) is 33.2. The van der Waals surface area contributed by atoms with Crippen LogP contribution in [0.15, 0.2) is 81.8 Å². The maximum atomic E-state index is 3.09. The zero-order chi connectivity index (χ0) is 46.4. The van der Waals surface area contributed by atoms with Crippen LogP contribution in [0, 0.1) is 35.0 Å². The summed E-state index contributed by atoms with van der Waals surface area (Å²) in [6.45, 7) is 10.4. The van der Waals surface area contributed by atoms with Gasteiger partial charge in [-0.1, -0.05) is 105 Å². The second-order valence-corrected chi connectivity index (χ2v) is 28.1. The van der Waals surface area contributed by atoms with Gasteiger partial charge in [-0.05, 0) is 219 Å². The van der Waals surface area contributed by atoms with Crippen molar-refractivity contribution < 1.29 is 0 Å². The van der Waals surface area contributed by atoms with Gasteiger partial charge in [0.25, 0.3) is 0 Å². The highest BCUT2D eigenvalue weighted by molar-refractivity contribution is 8.03. The van der Waals surface area contributed by atoms with Crippen molar-refractivity contribution in [3.05, 3.63) is 148 Å². The van der Waals surface area contributed by atoms with Crippen LogP contribution in [-0.2, 0) is 50.4 Å². The fourth-order valence-electron chi connectivity index (χ4n) is 19.0. The van der Waals surface area contributed by atoms with E-state index in [2.05, 4.69) is 127 Å². The fourth-order valence-corrected chi connectivity index (χ4v) is 22.2. The Hall–Kier alpha value is -3.73. The molecular weight excluding hydrogens is 885 g/mol. The van der Waals surface area contributed by atoms with Crippen molar-refractivity contribution in [2.75, 3.05) is 0 Å². The number of aryl methyl sites for hydroxylation is 1. The molecule has 9 atom stereocenters. The van der Waals surface area contributed by atoms with Gasteiger partial charge in [0.15, 0.2) is 0 Å². The van der Waals surface area contributed by atoms with Gasteiger partial charge in [-0.15, -0.1) is 23.1 Å². The SMILES string of the molecule is CC1(C)C2=C(CCCC2)C2C=CC(n3c4c(c5c3CCC(C3CCc6c(c7c(n6C6CCC8c9ccccc9C(C)(C)C8C6)CCc6c-7sc7c6CCCC7)C3)=C5)C3SC5=C(C=CCC5)C3C=C4)CC21. The first-order valence-electron chi connectivity index (χ1n) is 28.8. The van der Waals surface area contributed by atoms with E-state index in [1.165, 1.54) is 135 Å². The summed E-state index contributed by atoms with van der Waals surface area (Å²) >= 11 is 4.51. The lowest BCUT2D eigenvalue weighted by Gasteiger charge is -2.41. The first kappa shape index (κ1) is 42.7. The molecule has 0 radical (unpaired) electrons. The molecule has 12 aliphatic rings. The number of thioether (sulfide) groups is 1. The number of allylic oxidation sites excluding steroid dienone is 10. The quantitative estimate of drug-likeness (QED) is 0.186. The third-order valence-electron chi connectivity index (χ3n) is 22.2. The Morgan fingerprint density at radius 3 is 2.49 bits per heavy atom. The van der Waals surface area contributed by atoms with E-state index in [1.807, 2.05) is 11.1 Å². The van der Waals surface area contributed by atoms with Gasteiger partial charge in [-0.2, -0.15) is 0 Å². The average molecular weight is 959 g/mol. The second-order valence-electron chi connectivity index (χ2n) is 25.8. The molecule has 4 heteroatoms. The van der Waals surface area contributed by atoms with Crippen molar-refractivity contribution in [3.63, 3.8) is 0 Å². The number of benzene rings is 1. The predicted molar refractivity (Wildman–Crippen MR) is 294 cm³/mol. The molecule has 360 valence electrons. The zero-order valence-electron chi connectivity index (χ0n) is 42.6. The van der Waals surface area contributed by atoms with E-state index in [4.69, 9.17) is 0 Å². The summed E-state index contributed by atoms with van der Waals surface area (Å²) in [5.74, 6) is 3.97. The van der Waals surface area contributed by atoms with Gasteiger partial charge in [-0.3, -0.25) is 0 Å². The molecule has 0 bridgehead atoms. The van der Waals surface area contributed by atoms with Crippen LogP contribution < -0.4 is 0 Å². The number of rotatable bonds is 3. The third kappa shape index (κ3) is 5.82. The summed E-state index contributed by atoms with van der Waals surface area (Å²) < 4.78 is 6.04. The van der Waals surface area contributed by atoms with E-state index in [0.29, 0.717) is 46.4 Å². The molecule has 2 nitrogen and oxygen atoms in total. The molecule has 0 saturated heterocycles. The Morgan fingerprint density at radius 1 is 0.671 bits per heavy atom. The summed E-state index contributed by atoms with van der Waals surface area (Å²) in [6.07, 6.45) is 45.9. The van der Waals surface area contributed by atoms with Gasteiger partial charge in [-0.25, -0.2) is 0 Å². The minimum atomic E-state index is 0.237. The van der Waals surface area contributed by atoms with Crippen LogP contribution in [0.25, 0.3) is 22.6 Å². The lowest BCUT2D eigenvalue weighted by Crippen LogP contribution is -2.33. The number of nitrogens with zero attached hydrogens (tertiary/aromatic N) is 2. The van der Waals surface area contributed by atoms with E-state index >= 15 is 0 Å². The molecule has 16 rings (SSSR count). The molecule has 9 unspecified atom stereocenters. The highest BCUT2D eigenvalue weighted by atomic mass is 32.2. The number of thiophene rings is 1. The molecule has 4 heterocycles. The molecule has 1 fully saturated rings. The average Bonchev–Trinajstić information content (AvgIpc) is 4.22. The van der Waals surface area contributed by atoms with Crippen molar-refractivity contribution in [2.24, 2.45) is 35.0 Å². The minimum absolute atomic E-state index is 0.237. The maximum absolute atomic E-state index is 3.09. The third-order valence-corrected chi connectivity index (χ3v) is 25.1. The fraction of sp³-hybridized carbons (Fsp3) is 0.545. The van der Waals surface area contributed by atoms with Crippen LogP contribution in [0.1, 0.15) is 207 Å². The molecular formula is C66H74N2S2. The Labute approximate surface area is 427 Å². The van der Waals surface area contributed by atoms with Gasteiger partial charge in [0.05, 0.1) is 6.04 Å². The van der Waals surface area contributed by atoms with Gasteiger partial charge in [0.1, 0.15) is 0 Å². The predicted octanol–water partition coefficient (Wildman–Crippen LogP) is 17.2. The van der Waals surface area contributed by atoms with Gasteiger partial charge in [0.2, 0.25) is 0 Å². The molecule has 1 saturated carbocycles. The van der Waals surface area contributed by atoms with Crippen LogP contribution in [0.4, 0.5) is 0 Å². The standard InChI is InChI=1S/C66H74N2S2/c1-65(2)51-17-9-5-13-41(51)43-25-23-39(35-53(43)65)67-55-29-21-37(33-49(55)61-57(67)31-27-47-45-15-7-11-19-59(45)69-63(47)61)38-22-30-56-50(34-38)62-58(32-28-48-46-16-8-12-20-60(46)70-64(48)62)68(56)40-24-26-44-42-14-6-10-18-52(42)66(3,4)54(44)36-40/h5,8-9,13,16-17,24,26,28,32,34,37,39-40,43-44,48,53-54,64H,6-7,10-12,14-15,18-23,25,27,29-31,33,35-36H2,1-4H3. The number of hydrogen-bond donors (Lipinski definition) is 0. The largest absolute Gasteiger partial charge is 0.345 e. The van der Waals surface area contributed by atoms with Crippen molar-refractivity contribution in [2.45, 2.75) is 191 Å². The number of fused-ring (bicyclic) bond motifs is 18. The van der Waals surface area contributed by atoms with Crippen molar-refractivity contribution in [1.29, 1.82) is 0 Å². The maximum Gasteiger partial charge on any atom is 0.0522 e. The minimum Gasteiger partial charge on any atom is -0.345 e. The molecule has 4 aromatic rings. The summed E-state index contributed by atoms with van der Waals surface area (Å²) in [7, 11) is 0. The Kier molecular flexibility index (Phi) is 9.41. The first-order chi connectivity index (χ1) is 34.2. The van der Waals surface area contributed by atoms with E-state index in [1.54, 1.807) is 93.1 Å². The first-order valence-corrected chi connectivity index (χ1v) is 30.5. The van der Waals surface area contributed by atoms with Crippen molar-refractivity contribution >= 4 is 35.3 Å². The summed E-state index contributed by atoms with van der Waals surface area (Å²) in [6, 6.07) is 10.6. The smallest absolute Gasteiger partial charge is 0.0522 e. The highest BCUT2D eigenvalue weighted by Crippen LogP contribution is 2.64. The summed E-state index contributed by atoms with van der Waals surface area (Å²) in [5.41, 5.74) is 28.2. The van der Waals surface area contributed by atoms with Crippen LogP contribution >= 0.6 is 23.1 Å². The summed E-state index contributed by atoms with van der Waals surface area (Å²) in [4.78, 5) is 5.16. The zero-order valence-corrected chi connectivity index (χ0v) is 44.2. The number of hydrogen-bond acceptors (Lipinski definition) is 2. The Bertz CT molecular complexity index is 3140. The summed E-state index contributed by atoms with van der Waals surface area (Å²) in [5, 5.41) is 0.505. The molecule has 0 spiro atoms. The van der Waals surface area contributed by atoms with E-state index in [-0.39, 0.29) is 5.41 Å². The van der Waals surface area contributed by atoms with Crippen molar-refractivity contribution in [1.82, 2.24) is 9.13 Å².